The number of aliphatic hydroxyl groups excluding tert-OH is 1. The summed E-state index contributed by atoms with van der Waals surface area (Å²) in [7, 11) is 1.59. The molecule has 0 aromatic heterocycles. The van der Waals surface area contributed by atoms with Crippen LogP contribution in [0.15, 0.2) is 48.0 Å². The Morgan fingerprint density at radius 1 is 1.09 bits per heavy atom. The largest absolute Gasteiger partial charge is 0.507 e. The van der Waals surface area contributed by atoms with Crippen molar-refractivity contribution in [2.75, 3.05) is 7.11 Å². The molecule has 2 aromatic rings. The van der Waals surface area contributed by atoms with Crippen LogP contribution in [0.2, 0.25) is 0 Å². The van der Waals surface area contributed by atoms with Crippen LogP contribution >= 0.6 is 0 Å². The van der Waals surface area contributed by atoms with E-state index in [1.807, 2.05) is 13.8 Å². The maximum absolute atomic E-state index is 13.6. The number of hydrogen-bond donors (Lipinski definition) is 1. The van der Waals surface area contributed by atoms with E-state index in [9.17, 15) is 19.1 Å². The molecule has 2 aliphatic rings. The Bertz CT molecular complexity index is 1070. The molecule has 168 valence electrons. The number of methoxy groups -OCH3 is 1. The summed E-state index contributed by atoms with van der Waals surface area (Å²) >= 11 is 0. The molecule has 2 aromatic carbocycles. The fourth-order valence-corrected chi connectivity index (χ4v) is 4.87. The molecule has 1 heterocycles. The summed E-state index contributed by atoms with van der Waals surface area (Å²) in [6.45, 7) is 4.03. The topological polar surface area (TPSA) is 66.8 Å². The lowest BCUT2D eigenvalue weighted by molar-refractivity contribution is -0.141. The number of halogens is 1. The van der Waals surface area contributed by atoms with Crippen molar-refractivity contribution >= 4 is 17.4 Å². The van der Waals surface area contributed by atoms with Crippen molar-refractivity contribution in [3.63, 3.8) is 0 Å². The normalized spacial score (nSPS) is 21.0. The fourth-order valence-electron chi connectivity index (χ4n) is 4.87. The number of likely N-dealkylation sites (tertiary alicyclic amines) is 1. The van der Waals surface area contributed by atoms with E-state index in [1.165, 1.54) is 12.1 Å². The maximum atomic E-state index is 13.6. The van der Waals surface area contributed by atoms with E-state index in [2.05, 4.69) is 0 Å². The van der Waals surface area contributed by atoms with E-state index in [1.54, 1.807) is 42.3 Å². The van der Waals surface area contributed by atoms with E-state index in [0.717, 1.165) is 31.2 Å². The van der Waals surface area contributed by atoms with Crippen LogP contribution in [-0.2, 0) is 9.59 Å². The number of ketones is 1. The third-order valence-corrected chi connectivity index (χ3v) is 6.51. The molecule has 1 amide bonds. The third-order valence-electron chi connectivity index (χ3n) is 6.51. The molecule has 2 fully saturated rings. The van der Waals surface area contributed by atoms with Crippen molar-refractivity contribution in [1.82, 2.24) is 4.90 Å². The number of carbonyl (C=O) groups excluding carboxylic acids is 2. The SMILES string of the molecule is COc1ccc(/C(O)=C2/C(=O)C(=O)N(C3CCCC3)C2c2ccc(F)cc2)cc1C(C)C. The summed E-state index contributed by atoms with van der Waals surface area (Å²) in [6.07, 6.45) is 3.59. The number of Topliss-reactive ketones (excluding diaryl/α,β-unsaturated/α-hetero) is 1. The smallest absolute Gasteiger partial charge is 0.295 e. The Morgan fingerprint density at radius 3 is 2.34 bits per heavy atom. The van der Waals surface area contributed by atoms with Gasteiger partial charge in [-0.1, -0.05) is 38.8 Å². The second-order valence-corrected chi connectivity index (χ2v) is 8.81. The van der Waals surface area contributed by atoms with Crippen LogP contribution < -0.4 is 4.74 Å². The second kappa shape index (κ2) is 8.77. The minimum absolute atomic E-state index is 0.0494. The molecule has 5 nitrogen and oxygen atoms in total. The first kappa shape index (κ1) is 22.1. The van der Waals surface area contributed by atoms with E-state index in [-0.39, 0.29) is 23.3 Å². The van der Waals surface area contributed by atoms with Gasteiger partial charge in [0.2, 0.25) is 0 Å². The van der Waals surface area contributed by atoms with Crippen LogP contribution in [0.5, 0.6) is 5.75 Å². The molecule has 1 aliphatic carbocycles. The predicted molar refractivity (Wildman–Crippen MR) is 120 cm³/mol. The number of ether oxygens (including phenoxy) is 1. The van der Waals surface area contributed by atoms with E-state index in [4.69, 9.17) is 4.74 Å². The molecule has 1 saturated carbocycles. The Hall–Kier alpha value is -3.15. The van der Waals surface area contributed by atoms with Gasteiger partial charge in [-0.2, -0.15) is 0 Å². The zero-order valence-electron chi connectivity index (χ0n) is 18.6. The van der Waals surface area contributed by atoms with Gasteiger partial charge < -0.3 is 14.7 Å². The number of benzene rings is 2. The van der Waals surface area contributed by atoms with Crippen LogP contribution in [0, 0.1) is 5.82 Å². The molecular weight excluding hydrogens is 409 g/mol. The zero-order valence-corrected chi connectivity index (χ0v) is 18.6. The highest BCUT2D eigenvalue weighted by Gasteiger charge is 2.49. The molecule has 1 unspecified atom stereocenters. The third kappa shape index (κ3) is 3.78. The minimum Gasteiger partial charge on any atom is -0.507 e. The van der Waals surface area contributed by atoms with Gasteiger partial charge in [0.25, 0.3) is 11.7 Å². The highest BCUT2D eigenvalue weighted by Crippen LogP contribution is 2.44. The van der Waals surface area contributed by atoms with Gasteiger partial charge >= 0.3 is 0 Å². The molecule has 32 heavy (non-hydrogen) atoms. The number of carbonyl (C=O) groups is 2. The molecule has 0 bridgehead atoms. The molecular formula is C26H28FNO4. The summed E-state index contributed by atoms with van der Waals surface area (Å²) in [6, 6.07) is 10.2. The predicted octanol–water partition coefficient (Wildman–Crippen LogP) is 5.32. The maximum Gasteiger partial charge on any atom is 0.295 e. The molecule has 1 N–H and O–H groups in total. The summed E-state index contributed by atoms with van der Waals surface area (Å²) in [5, 5.41) is 11.3. The summed E-state index contributed by atoms with van der Waals surface area (Å²) in [4.78, 5) is 27.9. The first-order valence-electron chi connectivity index (χ1n) is 11.1. The second-order valence-electron chi connectivity index (χ2n) is 8.81. The van der Waals surface area contributed by atoms with Crippen LogP contribution in [0.4, 0.5) is 4.39 Å². The van der Waals surface area contributed by atoms with Crippen molar-refractivity contribution in [3.8, 4) is 5.75 Å². The average molecular weight is 438 g/mol. The van der Waals surface area contributed by atoms with E-state index >= 15 is 0 Å². The Labute approximate surface area is 187 Å². The summed E-state index contributed by atoms with van der Waals surface area (Å²) in [5.41, 5.74) is 2.00. The van der Waals surface area contributed by atoms with Gasteiger partial charge in [0.1, 0.15) is 17.3 Å². The monoisotopic (exact) mass is 437 g/mol. The Kier molecular flexibility index (Phi) is 6.04. The van der Waals surface area contributed by atoms with Gasteiger partial charge in [-0.25, -0.2) is 4.39 Å². The van der Waals surface area contributed by atoms with E-state index < -0.39 is 23.5 Å². The lowest BCUT2D eigenvalue weighted by atomic mass is 9.93. The summed E-state index contributed by atoms with van der Waals surface area (Å²) in [5.74, 6) is -1.11. The Balaban J connectivity index is 1.88. The lowest BCUT2D eigenvalue weighted by Gasteiger charge is -2.30. The first-order chi connectivity index (χ1) is 15.3. The number of amides is 1. The van der Waals surface area contributed by atoms with Crippen LogP contribution in [0.25, 0.3) is 5.76 Å². The first-order valence-corrected chi connectivity index (χ1v) is 11.1. The average Bonchev–Trinajstić information content (AvgIpc) is 3.40. The van der Waals surface area contributed by atoms with Crippen LogP contribution in [0.3, 0.4) is 0 Å². The molecule has 1 saturated heterocycles. The molecule has 1 atom stereocenters. The molecule has 0 radical (unpaired) electrons. The van der Waals surface area contributed by atoms with Crippen molar-refractivity contribution < 1.29 is 23.8 Å². The highest BCUT2D eigenvalue weighted by molar-refractivity contribution is 6.46. The van der Waals surface area contributed by atoms with Crippen LogP contribution in [0.1, 0.15) is 68.2 Å². The standard InChI is InChI=1S/C26H28FNO4/c1-15(2)20-14-17(10-13-21(20)32-3)24(29)22-23(16-8-11-18(27)12-9-16)28(26(31)25(22)30)19-6-4-5-7-19/h8-15,19,23,29H,4-7H2,1-3H3/b24-22-. The fraction of sp³-hybridized carbons (Fsp3) is 0.385. The van der Waals surface area contributed by atoms with Gasteiger partial charge in [0.05, 0.1) is 18.7 Å². The quantitative estimate of drug-likeness (QED) is 0.390. The lowest BCUT2D eigenvalue weighted by Crippen LogP contribution is -2.37. The molecule has 0 spiro atoms. The van der Waals surface area contributed by atoms with Gasteiger partial charge in [0, 0.05) is 11.6 Å². The number of aliphatic hydroxyl groups is 1. The van der Waals surface area contributed by atoms with Gasteiger partial charge in [-0.3, -0.25) is 9.59 Å². The number of nitrogens with zero attached hydrogens (tertiary/aromatic N) is 1. The molecule has 4 rings (SSSR count). The Morgan fingerprint density at radius 2 is 1.75 bits per heavy atom. The van der Waals surface area contributed by atoms with Gasteiger partial charge in [0.15, 0.2) is 0 Å². The molecule has 6 heteroatoms. The van der Waals surface area contributed by atoms with Gasteiger partial charge in [-0.15, -0.1) is 0 Å². The zero-order chi connectivity index (χ0) is 23.0. The summed E-state index contributed by atoms with van der Waals surface area (Å²) < 4.78 is 19.0. The minimum atomic E-state index is -0.747. The van der Waals surface area contributed by atoms with Crippen molar-refractivity contribution in [3.05, 3.63) is 70.5 Å². The van der Waals surface area contributed by atoms with Crippen molar-refractivity contribution in [2.24, 2.45) is 0 Å². The van der Waals surface area contributed by atoms with Gasteiger partial charge in [-0.05, 0) is 60.2 Å². The van der Waals surface area contributed by atoms with Crippen molar-refractivity contribution in [1.29, 1.82) is 0 Å². The van der Waals surface area contributed by atoms with Crippen molar-refractivity contribution in [2.45, 2.75) is 57.5 Å². The highest BCUT2D eigenvalue weighted by atomic mass is 19.1. The van der Waals surface area contributed by atoms with Crippen LogP contribution in [-0.4, -0.2) is 34.8 Å². The number of rotatable bonds is 5. The number of hydrogen-bond acceptors (Lipinski definition) is 4. The molecule has 1 aliphatic heterocycles. The van der Waals surface area contributed by atoms with E-state index in [0.29, 0.717) is 16.9 Å².